The SMILES string of the molecule is CONC(=Nc1ccccc1OC)c1nonc1N. The van der Waals surface area contributed by atoms with Crippen LogP contribution in [0.15, 0.2) is 33.9 Å². The minimum atomic E-state index is 0.109. The molecule has 0 saturated heterocycles. The van der Waals surface area contributed by atoms with Gasteiger partial charge in [0.2, 0.25) is 0 Å². The second-order valence-electron chi connectivity index (χ2n) is 3.44. The Morgan fingerprint density at radius 3 is 2.74 bits per heavy atom. The summed E-state index contributed by atoms with van der Waals surface area (Å²) in [7, 11) is 3.01. The lowest BCUT2D eigenvalue weighted by molar-refractivity contribution is 0.144. The molecule has 19 heavy (non-hydrogen) atoms. The minimum Gasteiger partial charge on any atom is -0.494 e. The number of benzene rings is 1. The fourth-order valence-corrected chi connectivity index (χ4v) is 1.42. The molecule has 0 spiro atoms. The predicted molar refractivity (Wildman–Crippen MR) is 68.0 cm³/mol. The van der Waals surface area contributed by atoms with E-state index in [4.69, 9.17) is 15.3 Å². The Labute approximate surface area is 109 Å². The predicted octanol–water partition coefficient (Wildman–Crippen LogP) is 0.890. The molecule has 8 heteroatoms. The van der Waals surface area contributed by atoms with Crippen LogP contribution in [0.1, 0.15) is 5.69 Å². The molecule has 3 N–H and O–H groups in total. The third-order valence-corrected chi connectivity index (χ3v) is 2.25. The van der Waals surface area contributed by atoms with Crippen LogP contribution in [-0.4, -0.2) is 30.4 Å². The van der Waals surface area contributed by atoms with E-state index in [2.05, 4.69) is 25.4 Å². The van der Waals surface area contributed by atoms with Crippen LogP contribution < -0.4 is 16.0 Å². The molecule has 0 atom stereocenters. The van der Waals surface area contributed by atoms with Crippen molar-refractivity contribution in [3.63, 3.8) is 0 Å². The van der Waals surface area contributed by atoms with Gasteiger partial charge in [0.1, 0.15) is 11.4 Å². The lowest BCUT2D eigenvalue weighted by Gasteiger charge is -2.07. The van der Waals surface area contributed by atoms with Gasteiger partial charge in [-0.05, 0) is 22.4 Å². The first kappa shape index (κ1) is 12.8. The van der Waals surface area contributed by atoms with E-state index in [0.717, 1.165) is 0 Å². The molecule has 1 heterocycles. The lowest BCUT2D eigenvalue weighted by atomic mass is 10.3. The second kappa shape index (κ2) is 5.83. The number of nitrogens with one attached hydrogen (secondary N) is 1. The van der Waals surface area contributed by atoms with Crippen LogP contribution in [0.2, 0.25) is 0 Å². The quantitative estimate of drug-likeness (QED) is 0.479. The summed E-state index contributed by atoms with van der Waals surface area (Å²) >= 11 is 0. The highest BCUT2D eigenvalue weighted by Gasteiger charge is 2.15. The highest BCUT2D eigenvalue weighted by atomic mass is 16.6. The Kier molecular flexibility index (Phi) is 3.94. The number of ether oxygens (including phenoxy) is 1. The van der Waals surface area contributed by atoms with Crippen molar-refractivity contribution < 1.29 is 14.2 Å². The normalized spacial score (nSPS) is 11.4. The van der Waals surface area contributed by atoms with Crippen LogP contribution in [0.5, 0.6) is 5.75 Å². The fraction of sp³-hybridized carbons (Fsp3) is 0.182. The van der Waals surface area contributed by atoms with Crippen molar-refractivity contribution in [2.24, 2.45) is 4.99 Å². The first-order valence-electron chi connectivity index (χ1n) is 5.35. The van der Waals surface area contributed by atoms with Crippen LogP contribution in [0.3, 0.4) is 0 Å². The summed E-state index contributed by atoms with van der Waals surface area (Å²) in [6, 6.07) is 7.23. The summed E-state index contributed by atoms with van der Waals surface area (Å²) < 4.78 is 9.74. The number of hydrogen-bond donors (Lipinski definition) is 2. The molecule has 0 aliphatic heterocycles. The molecule has 8 nitrogen and oxygen atoms in total. The summed E-state index contributed by atoms with van der Waals surface area (Å²) in [6.45, 7) is 0. The zero-order chi connectivity index (χ0) is 13.7. The number of nitrogens with zero attached hydrogens (tertiary/aromatic N) is 3. The molecule has 100 valence electrons. The van der Waals surface area contributed by atoms with E-state index in [-0.39, 0.29) is 17.3 Å². The highest BCUT2D eigenvalue weighted by molar-refractivity contribution is 6.01. The van der Waals surface area contributed by atoms with Gasteiger partial charge < -0.3 is 10.5 Å². The van der Waals surface area contributed by atoms with Gasteiger partial charge >= 0.3 is 0 Å². The molecule has 0 fully saturated rings. The van der Waals surface area contributed by atoms with Crippen LogP contribution in [0.25, 0.3) is 0 Å². The number of nitrogen functional groups attached to an aromatic ring is 1. The minimum absolute atomic E-state index is 0.109. The van der Waals surface area contributed by atoms with Gasteiger partial charge in [0.05, 0.1) is 14.2 Å². The summed E-state index contributed by atoms with van der Waals surface area (Å²) in [4.78, 5) is 9.18. The Balaban J connectivity index is 2.44. The van der Waals surface area contributed by atoms with E-state index < -0.39 is 0 Å². The third kappa shape index (κ3) is 2.80. The molecule has 1 aromatic heterocycles. The number of amidine groups is 1. The summed E-state index contributed by atoms with van der Waals surface area (Å²) in [6.07, 6.45) is 0. The van der Waals surface area contributed by atoms with Gasteiger partial charge in [-0.15, -0.1) is 0 Å². The fourth-order valence-electron chi connectivity index (χ4n) is 1.42. The highest BCUT2D eigenvalue weighted by Crippen LogP contribution is 2.27. The first-order valence-corrected chi connectivity index (χ1v) is 5.35. The molecule has 2 rings (SSSR count). The number of hydroxylamine groups is 1. The standard InChI is InChI=1S/C11H13N5O3/c1-17-8-6-4-3-5-7(8)13-11(16-18-2)9-10(12)15-19-14-9/h3-6H,1-2H3,(H2,12,15)(H,13,16). The van der Waals surface area contributed by atoms with Crippen molar-refractivity contribution in [1.82, 2.24) is 15.8 Å². The van der Waals surface area contributed by atoms with Crippen LogP contribution in [0.4, 0.5) is 11.5 Å². The van der Waals surface area contributed by atoms with Crippen molar-refractivity contribution >= 4 is 17.3 Å². The number of aliphatic imine (C=N–C) groups is 1. The van der Waals surface area contributed by atoms with Crippen molar-refractivity contribution in [3.05, 3.63) is 30.0 Å². The monoisotopic (exact) mass is 263 g/mol. The number of anilines is 1. The number of methoxy groups -OCH3 is 1. The number of aromatic nitrogens is 2. The molecular weight excluding hydrogens is 250 g/mol. The van der Waals surface area contributed by atoms with E-state index in [1.165, 1.54) is 7.11 Å². The number of para-hydroxylation sites is 2. The molecule has 0 bridgehead atoms. The van der Waals surface area contributed by atoms with Crippen molar-refractivity contribution in [2.75, 3.05) is 20.0 Å². The van der Waals surface area contributed by atoms with Crippen molar-refractivity contribution in [3.8, 4) is 5.75 Å². The Hall–Kier alpha value is -2.61. The van der Waals surface area contributed by atoms with Gasteiger partial charge in [-0.1, -0.05) is 12.1 Å². The van der Waals surface area contributed by atoms with Gasteiger partial charge in [0, 0.05) is 0 Å². The largest absolute Gasteiger partial charge is 0.494 e. The average molecular weight is 263 g/mol. The van der Waals surface area contributed by atoms with E-state index in [1.54, 1.807) is 19.2 Å². The molecular formula is C11H13N5O3. The topological polar surface area (TPSA) is 108 Å². The maximum atomic E-state index is 5.62. The lowest BCUT2D eigenvalue weighted by Crippen LogP contribution is -2.24. The summed E-state index contributed by atoms with van der Waals surface area (Å²) in [5, 5.41) is 7.15. The Morgan fingerprint density at radius 2 is 2.11 bits per heavy atom. The Bertz CT molecular complexity index is 581. The van der Waals surface area contributed by atoms with Gasteiger partial charge in [0.15, 0.2) is 17.3 Å². The Morgan fingerprint density at radius 1 is 1.32 bits per heavy atom. The average Bonchev–Trinajstić information content (AvgIpc) is 2.85. The molecule has 1 aromatic carbocycles. The van der Waals surface area contributed by atoms with E-state index in [0.29, 0.717) is 11.4 Å². The maximum Gasteiger partial charge on any atom is 0.199 e. The van der Waals surface area contributed by atoms with Crippen molar-refractivity contribution in [2.45, 2.75) is 0 Å². The van der Waals surface area contributed by atoms with E-state index in [1.807, 2.05) is 12.1 Å². The van der Waals surface area contributed by atoms with Gasteiger partial charge in [-0.2, -0.15) is 0 Å². The molecule has 0 amide bonds. The van der Waals surface area contributed by atoms with Crippen LogP contribution >= 0.6 is 0 Å². The zero-order valence-electron chi connectivity index (χ0n) is 10.5. The number of hydrogen-bond acceptors (Lipinski definition) is 7. The number of rotatable bonds is 4. The molecule has 0 aliphatic carbocycles. The smallest absolute Gasteiger partial charge is 0.199 e. The summed E-state index contributed by atoms with van der Waals surface area (Å²) in [5.41, 5.74) is 9.05. The van der Waals surface area contributed by atoms with E-state index >= 15 is 0 Å². The number of nitrogens with two attached hydrogens (primary N) is 1. The second-order valence-corrected chi connectivity index (χ2v) is 3.44. The van der Waals surface area contributed by atoms with E-state index in [9.17, 15) is 0 Å². The molecule has 0 unspecified atom stereocenters. The summed E-state index contributed by atoms with van der Waals surface area (Å²) in [5.74, 6) is 0.983. The third-order valence-electron chi connectivity index (χ3n) is 2.25. The van der Waals surface area contributed by atoms with Gasteiger partial charge in [-0.25, -0.2) is 15.1 Å². The molecule has 0 radical (unpaired) electrons. The van der Waals surface area contributed by atoms with Crippen LogP contribution in [-0.2, 0) is 4.84 Å². The van der Waals surface area contributed by atoms with Crippen molar-refractivity contribution in [1.29, 1.82) is 0 Å². The van der Waals surface area contributed by atoms with Crippen LogP contribution in [0, 0.1) is 0 Å². The maximum absolute atomic E-state index is 5.62. The first-order chi connectivity index (χ1) is 9.26. The molecule has 2 aromatic rings. The zero-order valence-corrected chi connectivity index (χ0v) is 10.5. The molecule has 0 aliphatic rings. The molecule has 0 saturated carbocycles. The van der Waals surface area contributed by atoms with Gasteiger partial charge in [0.25, 0.3) is 0 Å². The van der Waals surface area contributed by atoms with Gasteiger partial charge in [-0.3, -0.25) is 4.84 Å².